The Morgan fingerprint density at radius 2 is 1.65 bits per heavy atom. The molecule has 166 valence electrons. The van der Waals surface area contributed by atoms with Crippen LogP contribution in [0.1, 0.15) is 76.6 Å². The Morgan fingerprint density at radius 1 is 1.00 bits per heavy atom. The van der Waals surface area contributed by atoms with Crippen molar-refractivity contribution in [2.24, 2.45) is 0 Å². The number of benzene rings is 2. The highest BCUT2D eigenvalue weighted by molar-refractivity contribution is 5.90. The molecule has 0 fully saturated rings. The van der Waals surface area contributed by atoms with E-state index in [9.17, 15) is 9.59 Å². The maximum Gasteiger partial charge on any atom is 0.344 e. The summed E-state index contributed by atoms with van der Waals surface area (Å²) in [4.78, 5) is 24.4. The molecular weight excluding hydrogens is 392 g/mol. The largest absolute Gasteiger partial charge is 0.482 e. The van der Waals surface area contributed by atoms with Gasteiger partial charge in [0.15, 0.2) is 6.61 Å². The average molecular weight is 425 g/mol. The first-order valence-corrected chi connectivity index (χ1v) is 10.7. The lowest BCUT2D eigenvalue weighted by Crippen LogP contribution is -2.17. The van der Waals surface area contributed by atoms with Gasteiger partial charge in [-0.15, -0.1) is 0 Å². The zero-order valence-electron chi connectivity index (χ0n) is 19.5. The summed E-state index contributed by atoms with van der Waals surface area (Å²) in [6, 6.07) is 11.5. The molecule has 0 aliphatic carbocycles. The topological polar surface area (TPSA) is 61.8 Å². The van der Waals surface area contributed by atoms with Crippen LogP contribution in [0.5, 0.6) is 11.5 Å². The molecule has 0 spiro atoms. The molecule has 3 rings (SSSR count). The zero-order valence-corrected chi connectivity index (χ0v) is 19.5. The standard InChI is InChI=1S/C26H32O5/c1-8-29-21(27)15-30-18-11-9-16(10-12-18)22-19-13-17(25(2,3)4)14-20(26(5,6)7)23(19)31-24(22)28/h9-14,22H,8,15H2,1-7H3. The van der Waals surface area contributed by atoms with Crippen molar-refractivity contribution in [3.8, 4) is 11.5 Å². The Morgan fingerprint density at radius 3 is 2.19 bits per heavy atom. The van der Waals surface area contributed by atoms with Crippen LogP contribution in [0.4, 0.5) is 0 Å². The first-order chi connectivity index (χ1) is 14.4. The van der Waals surface area contributed by atoms with E-state index >= 15 is 0 Å². The molecule has 1 heterocycles. The minimum Gasteiger partial charge on any atom is -0.482 e. The van der Waals surface area contributed by atoms with Gasteiger partial charge in [0, 0.05) is 11.1 Å². The number of rotatable bonds is 5. The van der Waals surface area contributed by atoms with Crippen molar-refractivity contribution < 1.29 is 23.8 Å². The number of fused-ring (bicyclic) bond motifs is 1. The van der Waals surface area contributed by atoms with E-state index in [2.05, 4.69) is 53.7 Å². The molecule has 5 heteroatoms. The molecular formula is C26H32O5. The van der Waals surface area contributed by atoms with E-state index in [1.807, 2.05) is 12.1 Å². The first-order valence-electron chi connectivity index (χ1n) is 10.7. The van der Waals surface area contributed by atoms with Crippen LogP contribution in [0, 0.1) is 0 Å². The second-order valence-electron chi connectivity index (χ2n) is 9.96. The Hall–Kier alpha value is -2.82. The molecule has 0 radical (unpaired) electrons. The summed E-state index contributed by atoms with van der Waals surface area (Å²) in [6.45, 7) is 14.8. The fourth-order valence-corrected chi connectivity index (χ4v) is 3.67. The smallest absolute Gasteiger partial charge is 0.344 e. The SMILES string of the molecule is CCOC(=O)COc1ccc(C2C(=O)Oc3c2cc(C(C)(C)C)cc3C(C)(C)C)cc1. The van der Waals surface area contributed by atoms with Crippen LogP contribution >= 0.6 is 0 Å². The lowest BCUT2D eigenvalue weighted by molar-refractivity contribution is -0.145. The summed E-state index contributed by atoms with van der Waals surface area (Å²) in [6.07, 6.45) is 0. The van der Waals surface area contributed by atoms with Crippen molar-refractivity contribution >= 4 is 11.9 Å². The number of hydrogen-bond donors (Lipinski definition) is 0. The molecule has 0 N–H and O–H groups in total. The van der Waals surface area contributed by atoms with Crippen molar-refractivity contribution in [3.05, 3.63) is 58.7 Å². The third kappa shape index (κ3) is 4.92. The summed E-state index contributed by atoms with van der Waals surface area (Å²) in [7, 11) is 0. The van der Waals surface area contributed by atoms with Crippen LogP contribution < -0.4 is 9.47 Å². The highest BCUT2D eigenvalue weighted by atomic mass is 16.6. The van der Waals surface area contributed by atoms with E-state index in [1.54, 1.807) is 19.1 Å². The molecule has 0 aromatic heterocycles. The van der Waals surface area contributed by atoms with Crippen LogP contribution in [-0.4, -0.2) is 25.2 Å². The predicted octanol–water partition coefficient (Wildman–Crippen LogP) is 5.27. The minimum atomic E-state index is -0.488. The Balaban J connectivity index is 1.96. The molecule has 1 aliphatic heterocycles. The van der Waals surface area contributed by atoms with Gasteiger partial charge in [0.1, 0.15) is 17.4 Å². The van der Waals surface area contributed by atoms with Gasteiger partial charge < -0.3 is 14.2 Å². The predicted molar refractivity (Wildman–Crippen MR) is 120 cm³/mol. The lowest BCUT2D eigenvalue weighted by atomic mass is 9.77. The van der Waals surface area contributed by atoms with Crippen LogP contribution in [-0.2, 0) is 25.2 Å². The Kier molecular flexibility index (Phi) is 6.17. The normalized spacial score (nSPS) is 16.0. The van der Waals surface area contributed by atoms with E-state index in [1.165, 1.54) is 5.56 Å². The first kappa shape index (κ1) is 22.9. The maximum absolute atomic E-state index is 12.9. The summed E-state index contributed by atoms with van der Waals surface area (Å²) >= 11 is 0. The number of hydrogen-bond acceptors (Lipinski definition) is 5. The molecule has 31 heavy (non-hydrogen) atoms. The highest BCUT2D eigenvalue weighted by Gasteiger charge is 2.39. The molecule has 5 nitrogen and oxygen atoms in total. The second-order valence-corrected chi connectivity index (χ2v) is 9.96. The van der Waals surface area contributed by atoms with E-state index in [-0.39, 0.29) is 23.4 Å². The van der Waals surface area contributed by atoms with E-state index in [0.717, 1.165) is 16.7 Å². The van der Waals surface area contributed by atoms with Gasteiger partial charge in [-0.2, -0.15) is 0 Å². The fraction of sp³-hybridized carbons (Fsp3) is 0.462. The van der Waals surface area contributed by atoms with Gasteiger partial charge in [0.2, 0.25) is 0 Å². The van der Waals surface area contributed by atoms with Gasteiger partial charge in [-0.3, -0.25) is 4.79 Å². The third-order valence-corrected chi connectivity index (χ3v) is 5.42. The number of carbonyl (C=O) groups excluding carboxylic acids is 2. The maximum atomic E-state index is 12.9. The summed E-state index contributed by atoms with van der Waals surface area (Å²) in [5.74, 6) is 0.0499. The molecule has 2 aromatic rings. The molecule has 2 aromatic carbocycles. The van der Waals surface area contributed by atoms with Gasteiger partial charge in [0.25, 0.3) is 0 Å². The number of carbonyl (C=O) groups is 2. The van der Waals surface area contributed by atoms with Gasteiger partial charge in [-0.1, -0.05) is 65.8 Å². The van der Waals surface area contributed by atoms with Crippen molar-refractivity contribution in [2.75, 3.05) is 13.2 Å². The molecule has 0 saturated heterocycles. The molecule has 0 bridgehead atoms. The Bertz CT molecular complexity index is 975. The Labute approximate surface area is 184 Å². The second kappa shape index (κ2) is 8.37. The van der Waals surface area contributed by atoms with Crippen LogP contribution in [0.3, 0.4) is 0 Å². The van der Waals surface area contributed by atoms with Gasteiger partial charge in [-0.25, -0.2) is 4.79 Å². The number of ether oxygens (including phenoxy) is 3. The van der Waals surface area contributed by atoms with Crippen LogP contribution in [0.2, 0.25) is 0 Å². The molecule has 1 aliphatic rings. The van der Waals surface area contributed by atoms with E-state index in [0.29, 0.717) is 18.1 Å². The van der Waals surface area contributed by atoms with Gasteiger partial charge >= 0.3 is 11.9 Å². The van der Waals surface area contributed by atoms with Crippen molar-refractivity contribution in [2.45, 2.75) is 65.2 Å². The minimum absolute atomic E-state index is 0.0595. The van der Waals surface area contributed by atoms with Crippen molar-refractivity contribution in [1.82, 2.24) is 0 Å². The molecule has 1 atom stereocenters. The summed E-state index contributed by atoms with van der Waals surface area (Å²) in [5, 5.41) is 0. The zero-order chi connectivity index (χ0) is 23.0. The van der Waals surface area contributed by atoms with Crippen molar-refractivity contribution in [1.29, 1.82) is 0 Å². The monoisotopic (exact) mass is 424 g/mol. The van der Waals surface area contributed by atoms with E-state index < -0.39 is 11.9 Å². The van der Waals surface area contributed by atoms with Crippen LogP contribution in [0.15, 0.2) is 36.4 Å². The van der Waals surface area contributed by atoms with Crippen LogP contribution in [0.25, 0.3) is 0 Å². The average Bonchev–Trinajstić information content (AvgIpc) is 3.00. The summed E-state index contributed by atoms with van der Waals surface area (Å²) in [5.41, 5.74) is 3.73. The fourth-order valence-electron chi connectivity index (χ4n) is 3.67. The number of esters is 2. The third-order valence-electron chi connectivity index (χ3n) is 5.42. The lowest BCUT2D eigenvalue weighted by Gasteiger charge is -2.27. The van der Waals surface area contributed by atoms with Gasteiger partial charge in [-0.05, 0) is 41.0 Å². The summed E-state index contributed by atoms with van der Waals surface area (Å²) < 4.78 is 16.1. The quantitative estimate of drug-likeness (QED) is 0.483. The van der Waals surface area contributed by atoms with Crippen molar-refractivity contribution in [3.63, 3.8) is 0 Å². The molecule has 0 amide bonds. The highest BCUT2D eigenvalue weighted by Crippen LogP contribution is 2.47. The molecule has 1 unspecified atom stereocenters. The molecule has 0 saturated carbocycles. The van der Waals surface area contributed by atoms with E-state index in [4.69, 9.17) is 14.2 Å². The van der Waals surface area contributed by atoms with Gasteiger partial charge in [0.05, 0.1) is 6.61 Å².